The van der Waals surface area contributed by atoms with Crippen LogP contribution in [0.4, 0.5) is 5.69 Å². The Morgan fingerprint density at radius 1 is 1.40 bits per heavy atom. The van der Waals surface area contributed by atoms with Gasteiger partial charge < -0.3 is 15.8 Å². The molecule has 0 atom stereocenters. The molecule has 0 aromatic heterocycles. The van der Waals surface area contributed by atoms with E-state index in [1.165, 1.54) is 26.2 Å². The van der Waals surface area contributed by atoms with Crippen molar-refractivity contribution in [2.75, 3.05) is 19.4 Å². The molecule has 0 unspecified atom stereocenters. The number of nitrogens with one attached hydrogen (secondary N) is 1. The van der Waals surface area contributed by atoms with Gasteiger partial charge in [-0.05, 0) is 12.1 Å². The van der Waals surface area contributed by atoms with Crippen LogP contribution in [-0.4, -0.2) is 31.6 Å². The van der Waals surface area contributed by atoms with Gasteiger partial charge in [0.25, 0.3) is 0 Å². The van der Waals surface area contributed by atoms with Crippen molar-refractivity contribution in [2.24, 2.45) is 0 Å². The van der Waals surface area contributed by atoms with Crippen molar-refractivity contribution in [2.45, 2.75) is 13.3 Å². The number of nitrogens with two attached hydrogens (primary N) is 1. The minimum absolute atomic E-state index is 0. The zero-order valence-corrected chi connectivity index (χ0v) is 12.1. The Labute approximate surface area is 123 Å². The normalized spacial score (nSPS) is 9.30. The Morgan fingerprint density at radius 3 is 2.55 bits per heavy atom. The van der Waals surface area contributed by atoms with Crippen molar-refractivity contribution in [1.82, 2.24) is 5.32 Å². The van der Waals surface area contributed by atoms with Gasteiger partial charge in [-0.3, -0.25) is 14.4 Å². The first-order valence-corrected chi connectivity index (χ1v) is 5.70. The summed E-state index contributed by atoms with van der Waals surface area (Å²) in [5.41, 5.74) is 6.32. The van der Waals surface area contributed by atoms with Crippen LogP contribution in [0.15, 0.2) is 12.1 Å². The Balaban J connectivity index is 0.00000361. The number of benzene rings is 1. The standard InChI is InChI=1S/C13H16N2O4.ClH/c1-8(17)15-4-3-12(18)11-6-10(19-2)5-9(7-16)13(11)14;/h5-7H,3-4,14H2,1-2H3,(H,15,17);1H. The molecule has 0 aliphatic rings. The summed E-state index contributed by atoms with van der Waals surface area (Å²) in [7, 11) is 1.44. The Bertz CT molecular complexity index is 517. The van der Waals surface area contributed by atoms with Crippen LogP contribution in [0.1, 0.15) is 34.1 Å². The highest BCUT2D eigenvalue weighted by atomic mass is 35.5. The average Bonchev–Trinajstić information content (AvgIpc) is 2.38. The van der Waals surface area contributed by atoms with Crippen LogP contribution in [-0.2, 0) is 4.79 Å². The third kappa shape index (κ3) is 4.55. The third-order valence-electron chi connectivity index (χ3n) is 2.57. The van der Waals surface area contributed by atoms with Crippen molar-refractivity contribution in [3.05, 3.63) is 23.3 Å². The minimum atomic E-state index is -0.256. The van der Waals surface area contributed by atoms with E-state index in [9.17, 15) is 14.4 Å². The molecule has 1 aromatic carbocycles. The second-order valence-electron chi connectivity index (χ2n) is 3.95. The summed E-state index contributed by atoms with van der Waals surface area (Å²) in [4.78, 5) is 33.6. The summed E-state index contributed by atoms with van der Waals surface area (Å²) < 4.78 is 5.01. The number of carbonyl (C=O) groups is 3. The lowest BCUT2D eigenvalue weighted by atomic mass is 10.0. The second-order valence-corrected chi connectivity index (χ2v) is 3.95. The van der Waals surface area contributed by atoms with Gasteiger partial charge in [0.05, 0.1) is 12.8 Å². The smallest absolute Gasteiger partial charge is 0.216 e. The molecular weight excluding hydrogens is 284 g/mol. The highest BCUT2D eigenvalue weighted by Gasteiger charge is 2.15. The maximum atomic E-state index is 12.0. The minimum Gasteiger partial charge on any atom is -0.497 e. The van der Waals surface area contributed by atoms with Crippen LogP contribution in [0.3, 0.4) is 0 Å². The number of hydrogen-bond donors (Lipinski definition) is 2. The lowest BCUT2D eigenvalue weighted by molar-refractivity contribution is -0.118. The third-order valence-corrected chi connectivity index (χ3v) is 2.57. The van der Waals surface area contributed by atoms with Gasteiger partial charge in [-0.25, -0.2) is 0 Å². The molecule has 1 amide bonds. The Hall–Kier alpha value is -2.08. The van der Waals surface area contributed by atoms with E-state index in [1.54, 1.807) is 0 Å². The number of hydrogen-bond acceptors (Lipinski definition) is 5. The van der Waals surface area contributed by atoms with E-state index in [0.29, 0.717) is 12.0 Å². The molecule has 7 heteroatoms. The van der Waals surface area contributed by atoms with E-state index < -0.39 is 0 Å². The van der Waals surface area contributed by atoms with Crippen molar-refractivity contribution >= 4 is 36.1 Å². The fourth-order valence-corrected chi connectivity index (χ4v) is 1.58. The van der Waals surface area contributed by atoms with E-state index in [0.717, 1.165) is 0 Å². The van der Waals surface area contributed by atoms with Crippen molar-refractivity contribution in [3.8, 4) is 5.75 Å². The fraction of sp³-hybridized carbons (Fsp3) is 0.308. The molecule has 0 fully saturated rings. The zero-order valence-electron chi connectivity index (χ0n) is 11.3. The number of ether oxygens (including phenoxy) is 1. The SMILES string of the molecule is COc1cc(C=O)c(N)c(C(=O)CCNC(C)=O)c1.Cl. The predicted molar refractivity (Wildman–Crippen MR) is 77.7 cm³/mol. The van der Waals surface area contributed by atoms with Gasteiger partial charge in [-0.2, -0.15) is 0 Å². The number of rotatable bonds is 6. The number of amides is 1. The van der Waals surface area contributed by atoms with Gasteiger partial charge in [0, 0.05) is 31.0 Å². The monoisotopic (exact) mass is 300 g/mol. The van der Waals surface area contributed by atoms with Crippen LogP contribution in [0, 0.1) is 0 Å². The summed E-state index contributed by atoms with van der Waals surface area (Å²) in [6.07, 6.45) is 0.678. The van der Waals surface area contributed by atoms with E-state index in [2.05, 4.69) is 5.32 Å². The van der Waals surface area contributed by atoms with E-state index >= 15 is 0 Å². The quantitative estimate of drug-likeness (QED) is 0.467. The van der Waals surface area contributed by atoms with Crippen molar-refractivity contribution in [3.63, 3.8) is 0 Å². The first-order chi connectivity index (χ1) is 8.99. The van der Waals surface area contributed by atoms with Crippen LogP contribution in [0.5, 0.6) is 5.75 Å². The largest absolute Gasteiger partial charge is 0.497 e. The molecule has 0 aliphatic heterocycles. The number of methoxy groups -OCH3 is 1. The highest BCUT2D eigenvalue weighted by molar-refractivity contribution is 6.04. The van der Waals surface area contributed by atoms with E-state index in [4.69, 9.17) is 10.5 Å². The van der Waals surface area contributed by atoms with Gasteiger partial charge >= 0.3 is 0 Å². The first-order valence-electron chi connectivity index (χ1n) is 5.70. The van der Waals surface area contributed by atoms with Gasteiger partial charge in [-0.1, -0.05) is 0 Å². The molecule has 20 heavy (non-hydrogen) atoms. The number of ketones is 1. The molecule has 0 aliphatic carbocycles. The maximum absolute atomic E-state index is 12.0. The summed E-state index contributed by atoms with van der Waals surface area (Å²) >= 11 is 0. The number of anilines is 1. The van der Waals surface area contributed by atoms with Gasteiger partial charge in [0.15, 0.2) is 12.1 Å². The molecule has 110 valence electrons. The molecule has 1 rings (SSSR count). The molecule has 0 saturated carbocycles. The lowest BCUT2D eigenvalue weighted by Gasteiger charge is -2.10. The van der Waals surface area contributed by atoms with Crippen LogP contribution in [0.25, 0.3) is 0 Å². The number of aldehydes is 1. The topological polar surface area (TPSA) is 98.5 Å². The average molecular weight is 301 g/mol. The van der Waals surface area contributed by atoms with Crippen LogP contribution in [0.2, 0.25) is 0 Å². The molecule has 0 spiro atoms. The summed E-state index contributed by atoms with van der Waals surface area (Å²) in [5, 5.41) is 2.52. The lowest BCUT2D eigenvalue weighted by Crippen LogP contribution is -2.23. The summed E-state index contributed by atoms with van der Waals surface area (Å²) in [6.45, 7) is 1.59. The van der Waals surface area contributed by atoms with Crippen LogP contribution >= 0.6 is 12.4 Å². The van der Waals surface area contributed by atoms with Gasteiger partial charge in [-0.15, -0.1) is 12.4 Å². The van der Waals surface area contributed by atoms with Gasteiger partial charge in [0.2, 0.25) is 5.91 Å². The van der Waals surface area contributed by atoms with E-state index in [1.807, 2.05) is 0 Å². The Morgan fingerprint density at radius 2 is 2.05 bits per heavy atom. The fourth-order valence-electron chi connectivity index (χ4n) is 1.58. The predicted octanol–water partition coefficient (Wildman–Crippen LogP) is 1.22. The number of halogens is 1. The summed E-state index contributed by atoms with van der Waals surface area (Å²) in [6, 6.07) is 2.95. The second kappa shape index (κ2) is 8.16. The van der Waals surface area contributed by atoms with Gasteiger partial charge in [0.1, 0.15) is 5.75 Å². The molecule has 0 saturated heterocycles. The molecular formula is C13H17ClN2O4. The van der Waals surface area contributed by atoms with Crippen molar-refractivity contribution in [1.29, 1.82) is 0 Å². The summed E-state index contributed by atoms with van der Waals surface area (Å²) in [5.74, 6) is -0.0765. The number of carbonyl (C=O) groups excluding carboxylic acids is 3. The molecule has 0 radical (unpaired) electrons. The molecule has 1 aromatic rings. The zero-order chi connectivity index (χ0) is 14.4. The van der Waals surface area contributed by atoms with Crippen LogP contribution < -0.4 is 15.8 Å². The molecule has 6 nitrogen and oxygen atoms in total. The molecule has 0 bridgehead atoms. The van der Waals surface area contributed by atoms with E-state index in [-0.39, 0.29) is 53.9 Å². The highest BCUT2D eigenvalue weighted by Crippen LogP contribution is 2.24. The van der Waals surface area contributed by atoms with Crippen molar-refractivity contribution < 1.29 is 19.1 Å². The maximum Gasteiger partial charge on any atom is 0.216 e. The number of nitrogen functional groups attached to an aromatic ring is 1. The Kier molecular flexibility index (Phi) is 7.31. The number of Topliss-reactive ketones (excluding diaryl/α,β-unsaturated/α-hetero) is 1. The molecule has 0 heterocycles. The molecule has 3 N–H and O–H groups in total. The first kappa shape index (κ1) is 17.9.